The maximum Gasteiger partial charge on any atom is 0.0450 e. The number of hydrogen-bond acceptors (Lipinski definition) is 2. The molecule has 0 bridgehead atoms. The summed E-state index contributed by atoms with van der Waals surface area (Å²) in [6.07, 6.45) is 2.73. The second-order valence-corrected chi connectivity index (χ2v) is 4.72. The van der Waals surface area contributed by atoms with Crippen LogP contribution in [0.15, 0.2) is 24.3 Å². The summed E-state index contributed by atoms with van der Waals surface area (Å²) >= 11 is 6.08. The summed E-state index contributed by atoms with van der Waals surface area (Å²) in [5, 5.41) is 4.30. The average Bonchev–Trinajstić information content (AvgIpc) is 2.79. The van der Waals surface area contributed by atoms with E-state index in [9.17, 15) is 0 Å². The van der Waals surface area contributed by atoms with Crippen molar-refractivity contribution in [2.45, 2.75) is 19.4 Å². The highest BCUT2D eigenvalue weighted by molar-refractivity contribution is 6.31. The summed E-state index contributed by atoms with van der Waals surface area (Å²) in [6, 6.07) is 8.02. The molecule has 0 unspecified atom stereocenters. The molecular weight excluding hydrogens is 220 g/mol. The molecule has 2 rings (SSSR count). The van der Waals surface area contributed by atoms with Gasteiger partial charge in [0.05, 0.1) is 0 Å². The highest BCUT2D eigenvalue weighted by Gasteiger charge is 2.09. The molecular formula is C13H19ClN2. The zero-order chi connectivity index (χ0) is 11.2. The van der Waals surface area contributed by atoms with E-state index < -0.39 is 0 Å². The first-order chi connectivity index (χ1) is 7.86. The molecule has 0 saturated carbocycles. The lowest BCUT2D eigenvalue weighted by molar-refractivity contribution is 0.335. The van der Waals surface area contributed by atoms with Gasteiger partial charge in [0.15, 0.2) is 0 Å². The van der Waals surface area contributed by atoms with Crippen LogP contribution in [0.25, 0.3) is 0 Å². The van der Waals surface area contributed by atoms with Crippen LogP contribution in [0.1, 0.15) is 18.4 Å². The Morgan fingerprint density at radius 1 is 1.19 bits per heavy atom. The molecule has 1 fully saturated rings. The van der Waals surface area contributed by atoms with Crippen molar-refractivity contribution in [3.05, 3.63) is 34.9 Å². The van der Waals surface area contributed by atoms with E-state index in [0.717, 1.165) is 24.7 Å². The van der Waals surface area contributed by atoms with Crippen LogP contribution in [0, 0.1) is 0 Å². The van der Waals surface area contributed by atoms with Crippen molar-refractivity contribution in [2.24, 2.45) is 0 Å². The van der Waals surface area contributed by atoms with Crippen molar-refractivity contribution in [3.63, 3.8) is 0 Å². The number of nitrogens with zero attached hydrogens (tertiary/aromatic N) is 1. The van der Waals surface area contributed by atoms with Crippen LogP contribution >= 0.6 is 11.6 Å². The van der Waals surface area contributed by atoms with Gasteiger partial charge in [-0.05, 0) is 37.6 Å². The van der Waals surface area contributed by atoms with Crippen molar-refractivity contribution in [2.75, 3.05) is 26.2 Å². The Labute approximate surface area is 103 Å². The van der Waals surface area contributed by atoms with E-state index in [1.165, 1.54) is 31.5 Å². The summed E-state index contributed by atoms with van der Waals surface area (Å²) < 4.78 is 0. The second kappa shape index (κ2) is 6.24. The molecule has 0 amide bonds. The van der Waals surface area contributed by atoms with Crippen LogP contribution in [-0.4, -0.2) is 31.1 Å². The first kappa shape index (κ1) is 11.9. The zero-order valence-electron chi connectivity index (χ0n) is 9.58. The van der Waals surface area contributed by atoms with Crippen molar-refractivity contribution >= 4 is 11.6 Å². The minimum Gasteiger partial charge on any atom is -0.311 e. The van der Waals surface area contributed by atoms with Gasteiger partial charge in [0, 0.05) is 24.7 Å². The van der Waals surface area contributed by atoms with Gasteiger partial charge < -0.3 is 10.2 Å². The van der Waals surface area contributed by atoms with Crippen LogP contribution in [-0.2, 0) is 6.54 Å². The average molecular weight is 239 g/mol. The van der Waals surface area contributed by atoms with Crippen LogP contribution < -0.4 is 5.32 Å². The van der Waals surface area contributed by atoms with Crippen molar-refractivity contribution in [1.29, 1.82) is 0 Å². The third-order valence-corrected chi connectivity index (χ3v) is 3.45. The fourth-order valence-electron chi connectivity index (χ4n) is 2.11. The Hall–Kier alpha value is -0.570. The Balaban J connectivity index is 1.66. The molecule has 0 radical (unpaired) electrons. The van der Waals surface area contributed by atoms with Gasteiger partial charge in [0.1, 0.15) is 0 Å². The van der Waals surface area contributed by atoms with Gasteiger partial charge >= 0.3 is 0 Å². The Morgan fingerprint density at radius 2 is 1.94 bits per heavy atom. The molecule has 0 aliphatic carbocycles. The van der Waals surface area contributed by atoms with Gasteiger partial charge in [-0.25, -0.2) is 0 Å². The first-order valence-electron chi connectivity index (χ1n) is 6.03. The normalized spacial score (nSPS) is 16.8. The Bertz CT molecular complexity index is 321. The van der Waals surface area contributed by atoms with Crippen LogP contribution in [0.2, 0.25) is 5.02 Å². The second-order valence-electron chi connectivity index (χ2n) is 4.32. The van der Waals surface area contributed by atoms with Gasteiger partial charge in [-0.15, -0.1) is 0 Å². The van der Waals surface area contributed by atoms with Crippen molar-refractivity contribution in [1.82, 2.24) is 10.2 Å². The number of nitrogens with one attached hydrogen (secondary N) is 1. The summed E-state index contributed by atoms with van der Waals surface area (Å²) in [7, 11) is 0. The molecule has 0 atom stereocenters. The molecule has 0 aromatic heterocycles. The number of benzene rings is 1. The minimum atomic E-state index is 0.858. The molecule has 2 nitrogen and oxygen atoms in total. The first-order valence-corrected chi connectivity index (χ1v) is 6.40. The van der Waals surface area contributed by atoms with E-state index in [1.54, 1.807) is 0 Å². The fourth-order valence-corrected chi connectivity index (χ4v) is 2.31. The number of likely N-dealkylation sites (tertiary alicyclic amines) is 1. The van der Waals surface area contributed by atoms with E-state index in [4.69, 9.17) is 11.6 Å². The largest absolute Gasteiger partial charge is 0.311 e. The summed E-state index contributed by atoms with van der Waals surface area (Å²) in [6.45, 7) is 5.62. The smallest absolute Gasteiger partial charge is 0.0450 e. The van der Waals surface area contributed by atoms with E-state index >= 15 is 0 Å². The summed E-state index contributed by atoms with van der Waals surface area (Å²) in [5.41, 5.74) is 1.19. The third-order valence-electron chi connectivity index (χ3n) is 3.08. The van der Waals surface area contributed by atoms with Gasteiger partial charge in [-0.2, -0.15) is 0 Å². The quantitative estimate of drug-likeness (QED) is 0.794. The third kappa shape index (κ3) is 3.48. The molecule has 1 aromatic carbocycles. The van der Waals surface area contributed by atoms with Crippen molar-refractivity contribution < 1.29 is 0 Å². The molecule has 16 heavy (non-hydrogen) atoms. The van der Waals surface area contributed by atoms with E-state index in [-0.39, 0.29) is 0 Å². The molecule has 1 aliphatic rings. The molecule has 88 valence electrons. The van der Waals surface area contributed by atoms with Crippen LogP contribution in [0.4, 0.5) is 0 Å². The van der Waals surface area contributed by atoms with Crippen LogP contribution in [0.3, 0.4) is 0 Å². The minimum absolute atomic E-state index is 0.858. The predicted octanol–water partition coefficient (Wildman–Crippen LogP) is 2.53. The molecule has 1 aromatic rings. The number of halogens is 1. The highest BCUT2D eigenvalue weighted by Crippen LogP contribution is 2.14. The molecule has 0 spiro atoms. The standard InChI is InChI=1S/C13H19ClN2/c14-13-6-2-1-5-12(13)11-15-7-10-16-8-3-4-9-16/h1-2,5-6,15H,3-4,7-11H2. The summed E-state index contributed by atoms with van der Waals surface area (Å²) in [5.74, 6) is 0. The number of rotatable bonds is 5. The fraction of sp³-hybridized carbons (Fsp3) is 0.538. The van der Waals surface area contributed by atoms with Gasteiger partial charge in [0.25, 0.3) is 0 Å². The lowest BCUT2D eigenvalue weighted by atomic mass is 10.2. The SMILES string of the molecule is Clc1ccccc1CNCCN1CCCC1. The number of hydrogen-bond donors (Lipinski definition) is 1. The van der Waals surface area contributed by atoms with Gasteiger partial charge in [-0.1, -0.05) is 29.8 Å². The molecule has 1 aliphatic heterocycles. The van der Waals surface area contributed by atoms with Crippen LogP contribution in [0.5, 0.6) is 0 Å². The predicted molar refractivity (Wildman–Crippen MR) is 68.8 cm³/mol. The van der Waals surface area contributed by atoms with Gasteiger partial charge in [-0.3, -0.25) is 0 Å². The van der Waals surface area contributed by atoms with Crippen molar-refractivity contribution in [3.8, 4) is 0 Å². The Kier molecular flexibility index (Phi) is 4.64. The molecule has 3 heteroatoms. The van der Waals surface area contributed by atoms with E-state index in [1.807, 2.05) is 18.2 Å². The summed E-state index contributed by atoms with van der Waals surface area (Å²) in [4.78, 5) is 2.51. The molecule has 1 saturated heterocycles. The maximum atomic E-state index is 6.08. The monoisotopic (exact) mass is 238 g/mol. The lowest BCUT2D eigenvalue weighted by Gasteiger charge is -2.14. The van der Waals surface area contributed by atoms with E-state index in [2.05, 4.69) is 16.3 Å². The lowest BCUT2D eigenvalue weighted by Crippen LogP contribution is -2.29. The Morgan fingerprint density at radius 3 is 2.69 bits per heavy atom. The topological polar surface area (TPSA) is 15.3 Å². The molecule has 1 N–H and O–H groups in total. The van der Waals surface area contributed by atoms with E-state index in [0.29, 0.717) is 0 Å². The zero-order valence-corrected chi connectivity index (χ0v) is 10.3. The molecule has 1 heterocycles. The highest BCUT2D eigenvalue weighted by atomic mass is 35.5. The van der Waals surface area contributed by atoms with Gasteiger partial charge in [0.2, 0.25) is 0 Å². The maximum absolute atomic E-state index is 6.08.